The van der Waals surface area contributed by atoms with E-state index in [4.69, 9.17) is 9.47 Å². The van der Waals surface area contributed by atoms with Crippen LogP contribution in [0, 0.1) is 0 Å². The van der Waals surface area contributed by atoms with E-state index in [1.807, 2.05) is 0 Å². The van der Waals surface area contributed by atoms with Crippen LogP contribution >= 0.6 is 0 Å². The van der Waals surface area contributed by atoms with Crippen molar-refractivity contribution >= 4 is 0 Å². The molecule has 3 nitrogen and oxygen atoms in total. The number of rotatable bonds is 36. The summed E-state index contributed by atoms with van der Waals surface area (Å²) in [5.41, 5.74) is 0. The molecule has 0 spiro atoms. The largest absolute Gasteiger partial charge is 0.412 e. The molecule has 0 bridgehead atoms. The van der Waals surface area contributed by atoms with Gasteiger partial charge in [0.05, 0.1) is 0 Å². The van der Waals surface area contributed by atoms with Crippen LogP contribution in [0.5, 0.6) is 0 Å². The Labute approximate surface area is 274 Å². The third kappa shape index (κ3) is 51.7. The standard InChI is InChI=1S/2C20H42O.H2O/c2*1-3-5-6-7-8-9-10-11-12-13-14-15-16-17-18-19-20-21-4-2;/h2*3-20H2,1-2H3;1H2. The zero-order chi connectivity index (χ0) is 30.9. The molecule has 0 aliphatic carbocycles. The SMILES string of the molecule is CCCCCCCCCCCCCCCCCCOCC.CCCCCCCCCCCCCCCCCCOCC.O. The van der Waals surface area contributed by atoms with Crippen molar-refractivity contribution in [2.75, 3.05) is 26.4 Å². The lowest BCUT2D eigenvalue weighted by molar-refractivity contribution is 0.142. The van der Waals surface area contributed by atoms with Crippen molar-refractivity contribution in [2.45, 2.75) is 233 Å². The van der Waals surface area contributed by atoms with E-state index in [9.17, 15) is 0 Å². The first-order valence-corrected chi connectivity index (χ1v) is 20.0. The molecule has 0 heterocycles. The summed E-state index contributed by atoms with van der Waals surface area (Å²) in [6.07, 6.45) is 45.9. The van der Waals surface area contributed by atoms with Crippen LogP contribution in [0.4, 0.5) is 0 Å². The summed E-state index contributed by atoms with van der Waals surface area (Å²) < 4.78 is 10.7. The van der Waals surface area contributed by atoms with E-state index in [0.29, 0.717) is 0 Å². The molecule has 0 unspecified atom stereocenters. The molecule has 0 rings (SSSR count). The molecular weight excluding hydrogens is 528 g/mol. The molecule has 0 aliphatic rings. The lowest BCUT2D eigenvalue weighted by Gasteiger charge is -2.03. The van der Waals surface area contributed by atoms with Crippen LogP contribution in [-0.4, -0.2) is 31.9 Å². The maximum atomic E-state index is 5.35. The summed E-state index contributed by atoms with van der Waals surface area (Å²) >= 11 is 0. The summed E-state index contributed by atoms with van der Waals surface area (Å²) in [6.45, 7) is 12.4. The molecule has 0 aliphatic heterocycles. The van der Waals surface area contributed by atoms with Crippen molar-refractivity contribution in [1.82, 2.24) is 0 Å². The number of unbranched alkanes of at least 4 members (excludes halogenated alkanes) is 30. The Bertz CT molecular complexity index is 341. The molecule has 0 aromatic heterocycles. The second-order valence-corrected chi connectivity index (χ2v) is 13.0. The van der Waals surface area contributed by atoms with Gasteiger partial charge in [0.1, 0.15) is 0 Å². The van der Waals surface area contributed by atoms with Crippen molar-refractivity contribution in [3.05, 3.63) is 0 Å². The molecule has 3 heteroatoms. The van der Waals surface area contributed by atoms with Crippen molar-refractivity contribution in [3.8, 4) is 0 Å². The molecule has 0 aromatic rings. The van der Waals surface area contributed by atoms with E-state index >= 15 is 0 Å². The van der Waals surface area contributed by atoms with Gasteiger partial charge in [-0.1, -0.05) is 206 Å². The minimum Gasteiger partial charge on any atom is -0.412 e. The molecule has 264 valence electrons. The maximum absolute atomic E-state index is 5.35. The predicted octanol–water partition coefficient (Wildman–Crippen LogP) is 13.7. The smallest absolute Gasteiger partial charge is 0.0465 e. The Morgan fingerprint density at radius 3 is 0.558 bits per heavy atom. The van der Waals surface area contributed by atoms with Gasteiger partial charge in [-0.3, -0.25) is 0 Å². The molecule has 0 radical (unpaired) electrons. The summed E-state index contributed by atoms with van der Waals surface area (Å²) in [7, 11) is 0. The third-order valence-corrected chi connectivity index (χ3v) is 8.69. The number of ether oxygens (including phenoxy) is 2. The molecule has 0 saturated heterocycles. The average molecular weight is 615 g/mol. The maximum Gasteiger partial charge on any atom is 0.0465 e. The molecule has 0 fully saturated rings. The first kappa shape index (κ1) is 47.3. The third-order valence-electron chi connectivity index (χ3n) is 8.69. The molecule has 0 saturated carbocycles. The highest BCUT2D eigenvalue weighted by Gasteiger charge is 1.96. The lowest BCUT2D eigenvalue weighted by Crippen LogP contribution is -1.92. The Balaban J connectivity index is -0.000000727. The van der Waals surface area contributed by atoms with Crippen molar-refractivity contribution in [1.29, 1.82) is 0 Å². The first-order chi connectivity index (χ1) is 20.8. The topological polar surface area (TPSA) is 50.0 Å². The molecule has 43 heavy (non-hydrogen) atoms. The van der Waals surface area contributed by atoms with Crippen LogP contribution in [-0.2, 0) is 9.47 Å². The Morgan fingerprint density at radius 2 is 0.395 bits per heavy atom. The minimum absolute atomic E-state index is 0. The van der Waals surface area contributed by atoms with E-state index in [1.54, 1.807) is 0 Å². The Kier molecular flexibility index (Phi) is 53.6. The van der Waals surface area contributed by atoms with Gasteiger partial charge in [0.15, 0.2) is 0 Å². The van der Waals surface area contributed by atoms with Crippen LogP contribution in [0.3, 0.4) is 0 Å². The zero-order valence-electron chi connectivity index (χ0n) is 30.8. The summed E-state index contributed by atoms with van der Waals surface area (Å²) in [5.74, 6) is 0. The molecule has 0 atom stereocenters. The highest BCUT2D eigenvalue weighted by atomic mass is 16.5. The van der Waals surface area contributed by atoms with Crippen LogP contribution in [0.15, 0.2) is 0 Å². The minimum atomic E-state index is 0. The predicted molar refractivity (Wildman–Crippen MR) is 196 cm³/mol. The number of hydrogen-bond acceptors (Lipinski definition) is 2. The van der Waals surface area contributed by atoms with Crippen molar-refractivity contribution < 1.29 is 14.9 Å². The van der Waals surface area contributed by atoms with Crippen LogP contribution in [0.1, 0.15) is 233 Å². The summed E-state index contributed by atoms with van der Waals surface area (Å²) in [4.78, 5) is 0. The highest BCUT2D eigenvalue weighted by molar-refractivity contribution is 4.51. The second-order valence-electron chi connectivity index (χ2n) is 13.0. The van der Waals surface area contributed by atoms with Gasteiger partial charge in [0.25, 0.3) is 0 Å². The lowest BCUT2D eigenvalue weighted by atomic mass is 10.0. The van der Waals surface area contributed by atoms with Gasteiger partial charge < -0.3 is 14.9 Å². The van der Waals surface area contributed by atoms with Crippen LogP contribution < -0.4 is 0 Å². The quantitative estimate of drug-likeness (QED) is 0.0659. The molecular formula is C40H86O3. The first-order valence-electron chi connectivity index (χ1n) is 20.0. The van der Waals surface area contributed by atoms with Crippen molar-refractivity contribution in [3.63, 3.8) is 0 Å². The van der Waals surface area contributed by atoms with Gasteiger partial charge in [-0.25, -0.2) is 0 Å². The second kappa shape index (κ2) is 48.8. The van der Waals surface area contributed by atoms with Crippen molar-refractivity contribution in [2.24, 2.45) is 0 Å². The van der Waals surface area contributed by atoms with E-state index in [1.165, 1.54) is 205 Å². The fourth-order valence-electron chi connectivity index (χ4n) is 5.79. The van der Waals surface area contributed by atoms with Gasteiger partial charge in [0.2, 0.25) is 0 Å². The van der Waals surface area contributed by atoms with Gasteiger partial charge in [0, 0.05) is 26.4 Å². The van der Waals surface area contributed by atoms with E-state index in [2.05, 4.69) is 27.7 Å². The fourth-order valence-corrected chi connectivity index (χ4v) is 5.79. The van der Waals surface area contributed by atoms with E-state index in [0.717, 1.165) is 26.4 Å². The summed E-state index contributed by atoms with van der Waals surface area (Å²) in [6, 6.07) is 0. The molecule has 0 amide bonds. The van der Waals surface area contributed by atoms with Gasteiger partial charge in [-0.2, -0.15) is 0 Å². The molecule has 2 N–H and O–H groups in total. The summed E-state index contributed by atoms with van der Waals surface area (Å²) in [5, 5.41) is 0. The normalized spacial score (nSPS) is 10.9. The van der Waals surface area contributed by atoms with Crippen LogP contribution in [0.25, 0.3) is 0 Å². The molecule has 0 aromatic carbocycles. The average Bonchev–Trinajstić information content (AvgIpc) is 3.00. The zero-order valence-corrected chi connectivity index (χ0v) is 30.8. The van der Waals surface area contributed by atoms with Gasteiger partial charge in [-0.05, 0) is 26.7 Å². The van der Waals surface area contributed by atoms with Gasteiger partial charge in [-0.15, -0.1) is 0 Å². The number of hydrogen-bond donors (Lipinski definition) is 0. The fraction of sp³-hybridized carbons (Fsp3) is 1.00. The van der Waals surface area contributed by atoms with E-state index in [-0.39, 0.29) is 5.48 Å². The highest BCUT2D eigenvalue weighted by Crippen LogP contribution is 2.15. The Hall–Kier alpha value is -0.120. The van der Waals surface area contributed by atoms with E-state index < -0.39 is 0 Å². The Morgan fingerprint density at radius 1 is 0.233 bits per heavy atom. The monoisotopic (exact) mass is 615 g/mol. The van der Waals surface area contributed by atoms with Gasteiger partial charge >= 0.3 is 0 Å². The van der Waals surface area contributed by atoms with Crippen LogP contribution in [0.2, 0.25) is 0 Å².